The monoisotopic (exact) mass is 1670 g/mol. The summed E-state index contributed by atoms with van der Waals surface area (Å²) in [5.41, 5.74) is 13.7. The molecule has 28 aromatic rings. The number of rotatable bonds is 0. The van der Waals surface area contributed by atoms with Gasteiger partial charge in [-0.1, -0.05) is 286 Å². The van der Waals surface area contributed by atoms with E-state index in [9.17, 15) is 5.26 Å². The van der Waals surface area contributed by atoms with Crippen molar-refractivity contribution < 1.29 is 0 Å². The largest absolute Gasteiger partial charge is 0.370 e. The van der Waals surface area contributed by atoms with E-state index in [0.29, 0.717) is 33.4 Å². The van der Waals surface area contributed by atoms with E-state index in [1.165, 1.54) is 70.2 Å². The average Bonchev–Trinajstić information content (AvgIpc) is 1.35. The van der Waals surface area contributed by atoms with Gasteiger partial charge >= 0.3 is 0 Å². The van der Waals surface area contributed by atoms with Crippen LogP contribution in [-0.4, -0.2) is 37.5 Å². The third-order valence-corrected chi connectivity index (χ3v) is 26.4. The number of nitrogens with zero attached hydrogens (tertiary/aromatic N) is 16. The number of nitriles is 1. The molecule has 0 aliphatic carbocycles. The van der Waals surface area contributed by atoms with Crippen molar-refractivity contribution in [1.82, 2.24) is 37.5 Å². The summed E-state index contributed by atoms with van der Waals surface area (Å²) in [4.78, 5) is 44.4. The number of hydrogen-bond acceptors (Lipinski definition) is 5. The van der Waals surface area contributed by atoms with Crippen LogP contribution in [0.25, 0.3) is 273 Å². The van der Waals surface area contributed by atoms with Crippen LogP contribution in [-0.2, 0) is 0 Å². The van der Waals surface area contributed by atoms with Crippen molar-refractivity contribution in [3.05, 3.63) is 425 Å². The van der Waals surface area contributed by atoms with E-state index in [0.717, 1.165) is 147 Å². The van der Waals surface area contributed by atoms with Crippen molar-refractivity contribution in [2.24, 2.45) is 0 Å². The first kappa shape index (κ1) is 74.9. The molecule has 16 nitrogen and oxygen atoms in total. The zero-order valence-corrected chi connectivity index (χ0v) is 69.5. The van der Waals surface area contributed by atoms with Crippen molar-refractivity contribution in [1.29, 1.82) is 5.26 Å². The summed E-state index contributed by atoms with van der Waals surface area (Å²) in [5.74, 6) is 0.0628. The predicted octanol–water partition coefficient (Wildman–Crippen LogP) is 32.1. The molecule has 0 aliphatic heterocycles. The van der Waals surface area contributed by atoms with Gasteiger partial charge < -0.3 is 18.5 Å². The van der Waals surface area contributed by atoms with Gasteiger partial charge in [0, 0.05) is 88.1 Å². The van der Waals surface area contributed by atoms with Crippen LogP contribution in [0, 0.1) is 57.3 Å². The Morgan fingerprint density at radius 2 is 0.545 bits per heavy atom. The second-order valence-corrected chi connectivity index (χ2v) is 32.7. The lowest BCUT2D eigenvalue weighted by atomic mass is 9.90. The molecular weight excluding hydrogens is 1620 g/mol. The van der Waals surface area contributed by atoms with Crippen LogP contribution in [0.5, 0.6) is 0 Å². The SMILES string of the molecule is [C-]#[N+]c1c([N+]#[C-])c(C#N)c2c(c1[N+]#[C-])c1c3ccccc3c3ccccc3c1c1cc3ccccc3n12.[C-]#[N+]c1cc2c3c4ccccc4c4ccccc4c3c3cc4ccccc4n3c2cc1[N+]#[C-].[C-]#[N+]c1nc2c3c4ccccc4c4ccccc4c3c3cc4ccccc4n3c2nc1[N+]#[C-].c1ccc2c(c1)cc1c3c4ccccc4c4ccccc4c3c3nccnc3n21. The van der Waals surface area contributed by atoms with Gasteiger partial charge in [0.2, 0.25) is 16.9 Å². The summed E-state index contributed by atoms with van der Waals surface area (Å²) in [7, 11) is 0. The van der Waals surface area contributed by atoms with Gasteiger partial charge in [-0.25, -0.2) is 4.98 Å². The molecule has 0 saturated carbocycles. The summed E-state index contributed by atoms with van der Waals surface area (Å²) in [6, 6.07) is 115. The molecule has 0 aliphatic rings. The first-order valence-electron chi connectivity index (χ1n) is 42.6. The van der Waals surface area contributed by atoms with Gasteiger partial charge in [-0.3, -0.25) is 38.0 Å². The molecule has 18 aromatic carbocycles. The molecule has 132 heavy (non-hydrogen) atoms. The maximum absolute atomic E-state index is 10.4. The van der Waals surface area contributed by atoms with Crippen LogP contribution >= 0.6 is 0 Å². The lowest BCUT2D eigenvalue weighted by molar-refractivity contribution is 1.21. The van der Waals surface area contributed by atoms with Gasteiger partial charge in [0.15, 0.2) is 22.7 Å². The molecule has 0 saturated heterocycles. The van der Waals surface area contributed by atoms with Crippen molar-refractivity contribution in [3.8, 4) is 6.07 Å². The second kappa shape index (κ2) is 28.9. The van der Waals surface area contributed by atoms with Gasteiger partial charge in [0.25, 0.3) is 17.3 Å². The Kier molecular flexibility index (Phi) is 16.4. The van der Waals surface area contributed by atoms with E-state index in [1.54, 1.807) is 12.4 Å². The molecule has 0 fully saturated rings. The molecule has 0 radical (unpaired) electrons. The van der Waals surface area contributed by atoms with E-state index in [4.69, 9.17) is 61.0 Å². The highest BCUT2D eigenvalue weighted by molar-refractivity contribution is 6.41. The molecule has 0 atom stereocenters. The highest BCUT2D eigenvalue weighted by atomic mass is 15.1. The maximum Gasteiger partial charge on any atom is 0.295 e. The lowest BCUT2D eigenvalue weighted by Crippen LogP contribution is -1.97. The van der Waals surface area contributed by atoms with Gasteiger partial charge in [-0.2, -0.15) is 5.26 Å². The number of hydrogen-bond donors (Lipinski definition) is 0. The van der Waals surface area contributed by atoms with E-state index in [1.807, 2.05) is 101 Å². The van der Waals surface area contributed by atoms with E-state index in [2.05, 4.69) is 289 Å². The average molecular weight is 1670 g/mol. The topological polar surface area (TPSA) is 124 Å². The van der Waals surface area contributed by atoms with Crippen molar-refractivity contribution in [3.63, 3.8) is 0 Å². The van der Waals surface area contributed by atoms with Crippen LogP contribution in [0.3, 0.4) is 0 Å². The van der Waals surface area contributed by atoms with Crippen molar-refractivity contribution in [2.45, 2.75) is 0 Å². The minimum atomic E-state index is -0.0699. The van der Waals surface area contributed by atoms with Crippen LogP contribution < -0.4 is 0 Å². The van der Waals surface area contributed by atoms with Crippen LogP contribution in [0.2, 0.25) is 0 Å². The van der Waals surface area contributed by atoms with Crippen LogP contribution in [0.1, 0.15) is 5.56 Å². The molecule has 0 N–H and O–H groups in total. The fourth-order valence-electron chi connectivity index (χ4n) is 21.2. The van der Waals surface area contributed by atoms with Crippen molar-refractivity contribution >= 4 is 279 Å². The first-order valence-corrected chi connectivity index (χ1v) is 42.6. The minimum absolute atomic E-state index is 0.0287. The summed E-state index contributed by atoms with van der Waals surface area (Å²) < 4.78 is 8.62. The standard InChI is InChI=1S/C32H13N5.C30H15N3.C28H13N5.C26H15N3/c1-34-29-23(17-33)32-28(30(35-2)31(29)36-3)27-22-14-8-6-12-20(22)19-11-5-7-13-21(19)26(27)25-16-18-10-4-9-15-24(18)37(25)32;1-31-24-16-23-27(17-25(24)32-2)33-26-14-8-3-9-18(26)15-28(33)30-22-13-7-5-11-20(22)19-10-4-6-12-21(19)29(23)30;1-29-26-27(30-2)32-28-25(31-26)24-20-13-7-5-11-18(20)17-10-4-6-12-19(17)23(24)22-15-16-9-3-8-14-21(16)33(22)28;1-6-12-21-16(7-1)15-22-23-19-10-4-2-8-17(19)18-9-3-5-11-20(18)24(23)25-26(29(21)22)28-14-13-27-25/h4-16H;3-17H;3-15H;1-15H. The van der Waals surface area contributed by atoms with Crippen molar-refractivity contribution in [2.75, 3.05) is 0 Å². The zero-order valence-electron chi connectivity index (χ0n) is 69.5. The quantitative estimate of drug-likeness (QED) is 0.110. The summed E-state index contributed by atoms with van der Waals surface area (Å²) >= 11 is 0. The predicted molar refractivity (Wildman–Crippen MR) is 539 cm³/mol. The van der Waals surface area contributed by atoms with Gasteiger partial charge in [-0.15, -0.1) is 9.97 Å². The smallest absolute Gasteiger partial charge is 0.295 e. The molecule has 0 unspecified atom stereocenters. The molecule has 600 valence electrons. The minimum Gasteiger partial charge on any atom is -0.370 e. The summed E-state index contributed by atoms with van der Waals surface area (Å²) in [6.45, 7) is 54.4. The third-order valence-electron chi connectivity index (χ3n) is 26.4. The Bertz CT molecular complexity index is 10300. The fourth-order valence-corrected chi connectivity index (χ4v) is 21.2. The molecule has 0 amide bonds. The van der Waals surface area contributed by atoms with Gasteiger partial charge in [-0.05, 0) is 152 Å². The molecular formula is C116H56N16. The first-order chi connectivity index (χ1) is 65.2. The second-order valence-electron chi connectivity index (χ2n) is 32.7. The Labute approximate surface area is 748 Å². The molecule has 10 heterocycles. The number of aromatic nitrogens is 8. The number of pyridine rings is 4. The summed E-state index contributed by atoms with van der Waals surface area (Å²) in [5, 5.41) is 43.2. The lowest BCUT2D eigenvalue weighted by Gasteiger charge is -2.19. The van der Waals surface area contributed by atoms with Crippen LogP contribution in [0.4, 0.5) is 40.1 Å². The van der Waals surface area contributed by atoms with E-state index in [-0.39, 0.29) is 34.3 Å². The van der Waals surface area contributed by atoms with Crippen LogP contribution in [0.15, 0.2) is 340 Å². The van der Waals surface area contributed by atoms with E-state index < -0.39 is 0 Å². The number of para-hydroxylation sites is 4. The third kappa shape index (κ3) is 10.4. The zero-order chi connectivity index (χ0) is 88.4. The Morgan fingerprint density at radius 1 is 0.227 bits per heavy atom. The van der Waals surface area contributed by atoms with Gasteiger partial charge in [0.1, 0.15) is 5.52 Å². The maximum atomic E-state index is 10.4. The highest BCUT2D eigenvalue weighted by Crippen LogP contribution is 2.55. The Hall–Kier alpha value is -19.7. The fraction of sp³-hybridized carbons (Fsp3) is 0. The highest BCUT2D eigenvalue weighted by Gasteiger charge is 2.31. The summed E-state index contributed by atoms with van der Waals surface area (Å²) in [6.07, 6.45) is 3.58. The Balaban J connectivity index is 0.0000000948. The number of benzene rings is 18. The molecule has 0 bridgehead atoms. The molecule has 10 aromatic heterocycles. The normalized spacial score (nSPS) is 11.6. The van der Waals surface area contributed by atoms with Gasteiger partial charge in [0.05, 0.1) is 88.6 Å². The Morgan fingerprint density at radius 3 is 0.962 bits per heavy atom. The van der Waals surface area contributed by atoms with E-state index >= 15 is 0 Å². The molecule has 28 rings (SSSR count). The molecule has 16 heteroatoms. The number of fused-ring (bicyclic) bond motifs is 52. The molecule has 0 spiro atoms.